The third kappa shape index (κ3) is 2.16. The Balaban J connectivity index is 2.89. The van der Waals surface area contributed by atoms with Gasteiger partial charge in [0.25, 0.3) is 0 Å². The minimum Gasteiger partial charge on any atom is -0.478 e. The number of carboxylic acids is 1. The van der Waals surface area contributed by atoms with E-state index >= 15 is 0 Å². The lowest BCUT2D eigenvalue weighted by molar-refractivity contribution is -0.132. The highest BCUT2D eigenvalue weighted by atomic mass is 16.4. The van der Waals surface area contributed by atoms with Crippen molar-refractivity contribution in [2.24, 2.45) is 0 Å². The normalized spacial score (nSPS) is 11.2. The van der Waals surface area contributed by atoms with E-state index in [9.17, 15) is 4.79 Å². The maximum Gasteiger partial charge on any atom is 0.331 e. The number of rotatable bonds is 2. The van der Waals surface area contributed by atoms with Crippen LogP contribution < -0.4 is 0 Å². The highest BCUT2D eigenvalue weighted by Gasteiger charge is 1.99. The Morgan fingerprint density at radius 2 is 2.42 bits per heavy atom. The molecule has 0 spiro atoms. The lowest BCUT2D eigenvalue weighted by Crippen LogP contribution is -1.95. The fourth-order valence-electron chi connectivity index (χ4n) is 0.670. The monoisotopic (exact) mass is 164 g/mol. The Morgan fingerprint density at radius 1 is 1.67 bits per heavy atom. The van der Waals surface area contributed by atoms with Gasteiger partial charge in [-0.15, -0.1) is 0 Å². The molecule has 0 aliphatic carbocycles. The lowest BCUT2D eigenvalue weighted by Gasteiger charge is -1.92. The zero-order chi connectivity index (χ0) is 8.97. The third-order valence-corrected chi connectivity index (χ3v) is 1.31. The van der Waals surface area contributed by atoms with Crippen LogP contribution in [0.25, 0.3) is 6.08 Å². The predicted octanol–water partition coefficient (Wildman–Crippen LogP) is 0.965. The minimum absolute atomic E-state index is 0.258. The van der Waals surface area contributed by atoms with E-state index in [4.69, 9.17) is 5.11 Å². The number of aromatic nitrogens is 2. The van der Waals surface area contributed by atoms with Crippen LogP contribution >= 0.6 is 0 Å². The molecule has 4 heteroatoms. The summed E-state index contributed by atoms with van der Waals surface area (Å²) >= 11 is 0. The number of hydrogen-bond acceptors (Lipinski definition) is 3. The zero-order valence-corrected chi connectivity index (χ0v) is 6.56. The van der Waals surface area contributed by atoms with Crippen LogP contribution in [0.2, 0.25) is 0 Å². The van der Waals surface area contributed by atoms with Crippen LogP contribution in [0.3, 0.4) is 0 Å². The molecule has 0 amide bonds. The molecular formula is C8H8N2O2. The number of hydrogen-bond donors (Lipinski definition) is 1. The van der Waals surface area contributed by atoms with Crippen molar-refractivity contribution in [3.8, 4) is 0 Å². The van der Waals surface area contributed by atoms with Crippen molar-refractivity contribution in [2.45, 2.75) is 6.92 Å². The summed E-state index contributed by atoms with van der Waals surface area (Å²) in [6.45, 7) is 1.52. The van der Waals surface area contributed by atoms with Crippen LogP contribution in [0.15, 0.2) is 24.2 Å². The molecule has 0 radical (unpaired) electrons. The Labute approximate surface area is 69.6 Å². The molecule has 0 saturated carbocycles. The van der Waals surface area contributed by atoms with Crippen LogP contribution in [0.5, 0.6) is 0 Å². The number of nitrogens with zero attached hydrogens (tertiary/aromatic N) is 2. The standard InChI is InChI=1S/C8H8N2O2/c1-6(8(11)12)4-7-2-3-9-5-10-7/h2-5H,1H3,(H,11,12). The van der Waals surface area contributed by atoms with Crippen molar-refractivity contribution < 1.29 is 9.90 Å². The fourth-order valence-corrected chi connectivity index (χ4v) is 0.670. The van der Waals surface area contributed by atoms with E-state index in [-0.39, 0.29) is 5.57 Å². The first-order valence-electron chi connectivity index (χ1n) is 3.38. The first-order valence-corrected chi connectivity index (χ1v) is 3.38. The van der Waals surface area contributed by atoms with Gasteiger partial charge in [0.05, 0.1) is 5.69 Å². The second-order valence-corrected chi connectivity index (χ2v) is 2.27. The largest absolute Gasteiger partial charge is 0.478 e. The molecule has 0 atom stereocenters. The fraction of sp³-hybridized carbons (Fsp3) is 0.125. The summed E-state index contributed by atoms with van der Waals surface area (Å²) in [6, 6.07) is 1.65. The second-order valence-electron chi connectivity index (χ2n) is 2.27. The van der Waals surface area contributed by atoms with E-state index < -0.39 is 5.97 Å². The maximum atomic E-state index is 10.4. The average Bonchev–Trinajstić information content (AvgIpc) is 2.06. The summed E-state index contributed by atoms with van der Waals surface area (Å²) in [7, 11) is 0. The smallest absolute Gasteiger partial charge is 0.331 e. The molecule has 1 heterocycles. The van der Waals surface area contributed by atoms with E-state index in [1.165, 1.54) is 19.3 Å². The van der Waals surface area contributed by atoms with Crippen LogP contribution in [-0.4, -0.2) is 21.0 Å². The van der Waals surface area contributed by atoms with Gasteiger partial charge in [-0.25, -0.2) is 14.8 Å². The summed E-state index contributed by atoms with van der Waals surface area (Å²) < 4.78 is 0. The first kappa shape index (κ1) is 8.39. The summed E-state index contributed by atoms with van der Waals surface area (Å²) in [6.07, 6.45) is 4.43. The van der Waals surface area contributed by atoms with E-state index in [2.05, 4.69) is 9.97 Å². The van der Waals surface area contributed by atoms with Gasteiger partial charge in [-0.3, -0.25) is 0 Å². The van der Waals surface area contributed by atoms with Gasteiger partial charge in [-0.1, -0.05) is 0 Å². The summed E-state index contributed by atoms with van der Waals surface area (Å²) in [5.74, 6) is -0.936. The lowest BCUT2D eigenvalue weighted by atomic mass is 10.2. The molecule has 0 aliphatic heterocycles. The highest BCUT2D eigenvalue weighted by molar-refractivity contribution is 5.90. The van der Waals surface area contributed by atoms with Crippen LogP contribution in [0.1, 0.15) is 12.6 Å². The summed E-state index contributed by atoms with van der Waals surface area (Å²) in [5.41, 5.74) is 0.860. The molecule has 0 saturated heterocycles. The van der Waals surface area contributed by atoms with Gasteiger partial charge in [0.15, 0.2) is 0 Å². The van der Waals surface area contributed by atoms with E-state index in [0.717, 1.165) is 0 Å². The number of carbonyl (C=O) groups is 1. The Bertz CT molecular complexity index is 306. The first-order chi connectivity index (χ1) is 5.70. The van der Waals surface area contributed by atoms with Gasteiger partial charge < -0.3 is 5.11 Å². The Kier molecular flexibility index (Phi) is 2.53. The van der Waals surface area contributed by atoms with Crippen molar-refractivity contribution in [1.29, 1.82) is 0 Å². The second kappa shape index (κ2) is 3.61. The molecule has 1 aromatic heterocycles. The van der Waals surface area contributed by atoms with Crippen molar-refractivity contribution in [3.05, 3.63) is 29.9 Å². The highest BCUT2D eigenvalue weighted by Crippen LogP contribution is 2.01. The van der Waals surface area contributed by atoms with Crippen molar-refractivity contribution in [2.75, 3.05) is 0 Å². The molecule has 1 N–H and O–H groups in total. The van der Waals surface area contributed by atoms with E-state index in [1.54, 1.807) is 12.3 Å². The topological polar surface area (TPSA) is 63.1 Å². The molecule has 12 heavy (non-hydrogen) atoms. The van der Waals surface area contributed by atoms with Crippen molar-refractivity contribution in [3.63, 3.8) is 0 Å². The molecule has 4 nitrogen and oxygen atoms in total. The minimum atomic E-state index is -0.936. The molecule has 1 rings (SSSR count). The van der Waals surface area contributed by atoms with Gasteiger partial charge >= 0.3 is 5.97 Å². The van der Waals surface area contributed by atoms with Crippen LogP contribution in [0, 0.1) is 0 Å². The van der Waals surface area contributed by atoms with Crippen molar-refractivity contribution in [1.82, 2.24) is 9.97 Å². The van der Waals surface area contributed by atoms with Crippen LogP contribution in [-0.2, 0) is 4.79 Å². The Morgan fingerprint density at radius 3 is 2.92 bits per heavy atom. The van der Waals surface area contributed by atoms with Gasteiger partial charge in [-0.2, -0.15) is 0 Å². The molecule has 0 aromatic carbocycles. The molecular weight excluding hydrogens is 156 g/mol. The number of aliphatic carboxylic acids is 1. The summed E-state index contributed by atoms with van der Waals surface area (Å²) in [5, 5.41) is 8.53. The molecule has 0 bridgehead atoms. The van der Waals surface area contributed by atoms with Gasteiger partial charge in [-0.05, 0) is 19.1 Å². The molecule has 0 unspecified atom stereocenters. The third-order valence-electron chi connectivity index (χ3n) is 1.31. The molecule has 1 aromatic rings. The van der Waals surface area contributed by atoms with E-state index in [0.29, 0.717) is 5.69 Å². The SMILES string of the molecule is CC(=Cc1ccncn1)C(=O)O. The van der Waals surface area contributed by atoms with Gasteiger partial charge in [0, 0.05) is 11.8 Å². The van der Waals surface area contributed by atoms with Crippen molar-refractivity contribution >= 4 is 12.0 Å². The van der Waals surface area contributed by atoms with E-state index in [1.807, 2.05) is 0 Å². The zero-order valence-electron chi connectivity index (χ0n) is 6.56. The predicted molar refractivity (Wildman–Crippen MR) is 43.3 cm³/mol. The number of carboxylic acid groups (broad SMARTS) is 1. The quantitative estimate of drug-likeness (QED) is 0.661. The average molecular weight is 164 g/mol. The van der Waals surface area contributed by atoms with Crippen LogP contribution in [0.4, 0.5) is 0 Å². The molecule has 0 aliphatic rings. The van der Waals surface area contributed by atoms with Gasteiger partial charge in [0.2, 0.25) is 0 Å². The maximum absolute atomic E-state index is 10.4. The summed E-state index contributed by atoms with van der Waals surface area (Å²) in [4.78, 5) is 18.0. The Hall–Kier alpha value is -1.71. The molecule has 62 valence electrons. The van der Waals surface area contributed by atoms with Gasteiger partial charge in [0.1, 0.15) is 6.33 Å². The molecule has 0 fully saturated rings.